The smallest absolute Gasteiger partial charge is 0.306 e. The van der Waals surface area contributed by atoms with Crippen molar-refractivity contribution in [2.75, 3.05) is 6.61 Å². The number of ether oxygens (including phenoxy) is 3. The summed E-state index contributed by atoms with van der Waals surface area (Å²) in [4.78, 5) is 31.8. The molecule has 0 saturated heterocycles. The minimum absolute atomic E-state index is 0.0808. The maximum Gasteiger partial charge on any atom is 0.306 e. The van der Waals surface area contributed by atoms with Crippen molar-refractivity contribution in [3.8, 4) is 0 Å². The first kappa shape index (κ1) is 23.4. The molecule has 0 fully saturated rings. The maximum atomic E-state index is 11.8. The number of carbonyl (C=O) groups is 3. The van der Waals surface area contributed by atoms with Crippen LogP contribution in [0.5, 0.6) is 0 Å². The molecule has 25 heavy (non-hydrogen) atoms. The Morgan fingerprint density at radius 3 is 2.28 bits per heavy atom. The van der Waals surface area contributed by atoms with Crippen molar-refractivity contribution < 1.29 is 33.7 Å². The van der Waals surface area contributed by atoms with Crippen LogP contribution in [0.15, 0.2) is 0 Å². The third-order valence-electron chi connectivity index (χ3n) is 3.89. The molecular formula is C18H31O7. The molecule has 0 spiro atoms. The summed E-state index contributed by atoms with van der Waals surface area (Å²) in [5.74, 6) is -0.171. The van der Waals surface area contributed by atoms with Crippen molar-refractivity contribution in [2.45, 2.75) is 89.9 Å². The van der Waals surface area contributed by atoms with E-state index in [1.165, 1.54) is 0 Å². The van der Waals surface area contributed by atoms with Gasteiger partial charge in [-0.05, 0) is 38.5 Å². The first-order chi connectivity index (χ1) is 12.1. The molecule has 7 nitrogen and oxygen atoms in total. The molecule has 7 heteroatoms. The van der Waals surface area contributed by atoms with Crippen LogP contribution in [0.3, 0.4) is 0 Å². The maximum absolute atomic E-state index is 11.8. The molecule has 0 aromatic rings. The van der Waals surface area contributed by atoms with E-state index in [1.807, 2.05) is 6.92 Å². The molecule has 0 heterocycles. The molecule has 0 N–H and O–H groups in total. The highest BCUT2D eigenvalue weighted by Crippen LogP contribution is 2.14. The number of hydrogen-bond donors (Lipinski definition) is 0. The topological polar surface area (TPSA) is 98.8 Å². The molecule has 0 rings (SSSR count). The molecule has 0 aliphatic carbocycles. The van der Waals surface area contributed by atoms with E-state index in [9.17, 15) is 19.5 Å². The van der Waals surface area contributed by atoms with E-state index in [1.54, 1.807) is 0 Å². The van der Waals surface area contributed by atoms with Gasteiger partial charge >= 0.3 is 5.97 Å². The Kier molecular flexibility index (Phi) is 16.1. The fourth-order valence-corrected chi connectivity index (χ4v) is 2.44. The van der Waals surface area contributed by atoms with Gasteiger partial charge in [-0.1, -0.05) is 26.2 Å². The third-order valence-corrected chi connectivity index (χ3v) is 3.89. The zero-order valence-corrected chi connectivity index (χ0v) is 15.2. The van der Waals surface area contributed by atoms with Crippen molar-refractivity contribution in [1.82, 2.24) is 0 Å². The molecule has 2 atom stereocenters. The Bertz CT molecular complexity index is 346. The third kappa shape index (κ3) is 15.6. The highest BCUT2D eigenvalue weighted by molar-refractivity contribution is 5.69. The van der Waals surface area contributed by atoms with Crippen LogP contribution in [-0.2, 0) is 33.7 Å². The monoisotopic (exact) mass is 359 g/mol. The molecular weight excluding hydrogens is 328 g/mol. The summed E-state index contributed by atoms with van der Waals surface area (Å²) in [6, 6.07) is 0. The standard InChI is InChI=1S/C18H31O7/c1-2-16(10-6-5-8-11-17(21)24-15-20)25-18(22)12-7-3-4-9-13-23-14-19/h14-17H,2-13H2,1H3. The van der Waals surface area contributed by atoms with Crippen molar-refractivity contribution in [3.05, 3.63) is 0 Å². The Balaban J connectivity index is 3.62. The number of unbranched alkanes of at least 4 members (excludes halogenated alkanes) is 5. The molecule has 0 aromatic heterocycles. The van der Waals surface area contributed by atoms with Gasteiger partial charge in [-0.25, -0.2) is 0 Å². The fourth-order valence-electron chi connectivity index (χ4n) is 2.44. The summed E-state index contributed by atoms with van der Waals surface area (Å²) in [5, 5.41) is 11.1. The lowest BCUT2D eigenvalue weighted by atomic mass is 10.1. The Hall–Kier alpha value is -1.63. The lowest BCUT2D eigenvalue weighted by molar-refractivity contribution is -0.164. The highest BCUT2D eigenvalue weighted by Gasteiger charge is 2.12. The van der Waals surface area contributed by atoms with Crippen molar-refractivity contribution in [3.63, 3.8) is 0 Å². The summed E-state index contributed by atoms with van der Waals surface area (Å²) < 4.78 is 14.4. The van der Waals surface area contributed by atoms with E-state index < -0.39 is 6.29 Å². The molecule has 1 radical (unpaired) electrons. The lowest BCUT2D eigenvalue weighted by Gasteiger charge is -2.16. The normalized spacial score (nSPS) is 12.9. The second kappa shape index (κ2) is 17.2. The van der Waals surface area contributed by atoms with Gasteiger partial charge in [0.15, 0.2) is 0 Å². The summed E-state index contributed by atoms with van der Waals surface area (Å²) in [6.45, 7) is 3.04. The number of carbonyl (C=O) groups excluding carboxylic acids is 3. The van der Waals surface area contributed by atoms with Gasteiger partial charge in [-0.2, -0.15) is 5.11 Å². The van der Waals surface area contributed by atoms with Gasteiger partial charge in [0, 0.05) is 12.8 Å². The number of esters is 1. The molecule has 0 aliphatic rings. The second-order valence-corrected chi connectivity index (χ2v) is 5.95. The van der Waals surface area contributed by atoms with Gasteiger partial charge in [0.05, 0.1) is 6.61 Å². The van der Waals surface area contributed by atoms with Gasteiger partial charge < -0.3 is 14.2 Å². The van der Waals surface area contributed by atoms with Crippen LogP contribution >= 0.6 is 0 Å². The predicted octanol–water partition coefficient (Wildman–Crippen LogP) is 3.31. The van der Waals surface area contributed by atoms with E-state index in [-0.39, 0.29) is 18.5 Å². The Morgan fingerprint density at radius 1 is 0.920 bits per heavy atom. The second-order valence-electron chi connectivity index (χ2n) is 5.95. The molecule has 0 aliphatic heterocycles. The van der Waals surface area contributed by atoms with Crippen molar-refractivity contribution in [2.24, 2.45) is 0 Å². The van der Waals surface area contributed by atoms with Crippen molar-refractivity contribution >= 4 is 18.9 Å². The quantitative estimate of drug-likeness (QED) is 0.122. The van der Waals surface area contributed by atoms with Crippen LogP contribution < -0.4 is 0 Å². The van der Waals surface area contributed by atoms with Crippen LogP contribution in [0.4, 0.5) is 0 Å². The minimum Gasteiger partial charge on any atom is -0.468 e. The van der Waals surface area contributed by atoms with Crippen LogP contribution in [0.1, 0.15) is 77.6 Å². The first-order valence-electron chi connectivity index (χ1n) is 9.13. The molecule has 0 aromatic carbocycles. The van der Waals surface area contributed by atoms with E-state index in [0.29, 0.717) is 32.3 Å². The fraction of sp³-hybridized carbons (Fsp3) is 0.833. The summed E-state index contributed by atoms with van der Waals surface area (Å²) in [6.07, 6.45) is 6.75. The Labute approximate surface area is 150 Å². The Morgan fingerprint density at radius 2 is 1.60 bits per heavy atom. The largest absolute Gasteiger partial charge is 0.468 e. The average molecular weight is 359 g/mol. The van der Waals surface area contributed by atoms with Crippen LogP contribution in [0, 0.1) is 0 Å². The summed E-state index contributed by atoms with van der Waals surface area (Å²) >= 11 is 0. The molecule has 2 unspecified atom stereocenters. The highest BCUT2D eigenvalue weighted by atomic mass is 16.6. The van der Waals surface area contributed by atoms with Gasteiger partial charge in [-0.15, -0.1) is 0 Å². The van der Waals surface area contributed by atoms with Gasteiger partial charge in [0.1, 0.15) is 6.10 Å². The molecule has 0 bridgehead atoms. The average Bonchev–Trinajstić information content (AvgIpc) is 2.59. The summed E-state index contributed by atoms with van der Waals surface area (Å²) in [7, 11) is 0. The van der Waals surface area contributed by atoms with E-state index in [4.69, 9.17) is 4.74 Å². The number of rotatable bonds is 18. The minimum atomic E-state index is -1.28. The SMILES string of the molecule is CCC(CCCCCC([O])OC=O)OC(=O)CCCCCCOC=O. The van der Waals surface area contributed by atoms with Crippen molar-refractivity contribution in [1.29, 1.82) is 0 Å². The van der Waals surface area contributed by atoms with E-state index in [0.717, 1.165) is 51.4 Å². The van der Waals surface area contributed by atoms with E-state index >= 15 is 0 Å². The van der Waals surface area contributed by atoms with Gasteiger partial charge in [0.2, 0.25) is 6.29 Å². The zero-order chi connectivity index (χ0) is 18.8. The first-order valence-corrected chi connectivity index (χ1v) is 9.13. The van der Waals surface area contributed by atoms with E-state index in [2.05, 4.69) is 9.47 Å². The van der Waals surface area contributed by atoms with Crippen LogP contribution in [0.2, 0.25) is 0 Å². The predicted molar refractivity (Wildman–Crippen MR) is 90.0 cm³/mol. The van der Waals surface area contributed by atoms with Gasteiger partial charge in [0.25, 0.3) is 12.9 Å². The molecule has 0 saturated carbocycles. The van der Waals surface area contributed by atoms with Crippen LogP contribution in [0.25, 0.3) is 0 Å². The zero-order valence-electron chi connectivity index (χ0n) is 15.2. The summed E-state index contributed by atoms with van der Waals surface area (Å²) in [5.41, 5.74) is 0. The van der Waals surface area contributed by atoms with Gasteiger partial charge in [-0.3, -0.25) is 14.4 Å². The number of hydrogen-bond acceptors (Lipinski definition) is 6. The molecule has 0 amide bonds. The van der Waals surface area contributed by atoms with Crippen LogP contribution in [-0.4, -0.2) is 37.9 Å². The lowest BCUT2D eigenvalue weighted by Crippen LogP contribution is -2.17. The molecule has 145 valence electrons.